The highest BCUT2D eigenvalue weighted by Crippen LogP contribution is 2.23. The van der Waals surface area contributed by atoms with Gasteiger partial charge in [0.25, 0.3) is 5.91 Å². The molecular formula is C19H25N5O2. The van der Waals surface area contributed by atoms with Gasteiger partial charge in [0, 0.05) is 24.3 Å². The number of nitrogens with zero attached hydrogens (tertiary/aromatic N) is 4. The van der Waals surface area contributed by atoms with Crippen LogP contribution in [0.3, 0.4) is 0 Å². The highest BCUT2D eigenvalue weighted by molar-refractivity contribution is 5.93. The third kappa shape index (κ3) is 3.42. The normalized spacial score (nSPS) is 12.5. The quantitative estimate of drug-likeness (QED) is 0.735. The summed E-state index contributed by atoms with van der Waals surface area (Å²) in [5.41, 5.74) is 3.09. The van der Waals surface area contributed by atoms with Crippen LogP contribution in [0.1, 0.15) is 42.7 Å². The summed E-state index contributed by atoms with van der Waals surface area (Å²) in [4.78, 5) is 15.0. The molecule has 26 heavy (non-hydrogen) atoms. The molecular weight excluding hydrogens is 330 g/mol. The molecule has 3 aromatic rings. The van der Waals surface area contributed by atoms with E-state index in [4.69, 9.17) is 4.42 Å². The van der Waals surface area contributed by atoms with Gasteiger partial charge in [0.2, 0.25) is 0 Å². The summed E-state index contributed by atoms with van der Waals surface area (Å²) in [7, 11) is 1.88. The van der Waals surface area contributed by atoms with E-state index in [0.29, 0.717) is 23.9 Å². The van der Waals surface area contributed by atoms with Crippen LogP contribution in [0.5, 0.6) is 0 Å². The van der Waals surface area contributed by atoms with Crippen LogP contribution in [-0.4, -0.2) is 36.8 Å². The lowest BCUT2D eigenvalue weighted by molar-refractivity contribution is 0.0605. The lowest BCUT2D eigenvalue weighted by atomic mass is 10.0. The molecule has 0 radical (unpaired) electrons. The van der Waals surface area contributed by atoms with Crippen LogP contribution in [0.4, 0.5) is 0 Å². The van der Waals surface area contributed by atoms with Crippen molar-refractivity contribution in [2.45, 2.75) is 40.3 Å². The van der Waals surface area contributed by atoms with Gasteiger partial charge in [-0.15, -0.1) is 0 Å². The molecule has 0 saturated heterocycles. The number of aromatic nitrogens is 4. The molecule has 0 aromatic carbocycles. The van der Waals surface area contributed by atoms with Crippen molar-refractivity contribution in [3.05, 3.63) is 47.8 Å². The fraction of sp³-hybridized carbons (Fsp3) is 0.421. The lowest BCUT2D eigenvalue weighted by Gasteiger charge is -2.30. The summed E-state index contributed by atoms with van der Waals surface area (Å²) in [6, 6.07) is 5.55. The Hall–Kier alpha value is -2.83. The third-order valence-corrected chi connectivity index (χ3v) is 4.94. The SMILES string of the molecule is Cc1c(-c2cc(C(=O)N(Cc3ccco3)[C@H](C)C(C)C)[nH]n2)cnn1C. The first-order valence-electron chi connectivity index (χ1n) is 8.76. The van der Waals surface area contributed by atoms with E-state index in [1.807, 2.05) is 37.9 Å². The number of rotatable bonds is 6. The van der Waals surface area contributed by atoms with Gasteiger partial charge in [-0.2, -0.15) is 10.2 Å². The van der Waals surface area contributed by atoms with Gasteiger partial charge in [-0.1, -0.05) is 13.8 Å². The molecule has 3 heterocycles. The van der Waals surface area contributed by atoms with E-state index in [1.165, 1.54) is 0 Å². The minimum absolute atomic E-state index is 0.0551. The van der Waals surface area contributed by atoms with E-state index >= 15 is 0 Å². The zero-order valence-corrected chi connectivity index (χ0v) is 15.9. The number of furan rings is 1. The lowest BCUT2D eigenvalue weighted by Crippen LogP contribution is -2.41. The summed E-state index contributed by atoms with van der Waals surface area (Å²) < 4.78 is 7.23. The minimum Gasteiger partial charge on any atom is -0.467 e. The predicted octanol–water partition coefficient (Wildman–Crippen LogP) is 3.40. The van der Waals surface area contributed by atoms with Crippen LogP contribution >= 0.6 is 0 Å². The maximum atomic E-state index is 13.1. The number of aromatic amines is 1. The van der Waals surface area contributed by atoms with E-state index < -0.39 is 0 Å². The molecule has 0 unspecified atom stereocenters. The summed E-state index contributed by atoms with van der Waals surface area (Å²) in [5.74, 6) is 0.980. The summed E-state index contributed by atoms with van der Waals surface area (Å²) >= 11 is 0. The zero-order valence-electron chi connectivity index (χ0n) is 15.9. The molecule has 7 heteroatoms. The first-order valence-corrected chi connectivity index (χ1v) is 8.76. The van der Waals surface area contributed by atoms with Crippen molar-refractivity contribution in [1.29, 1.82) is 0 Å². The molecule has 1 amide bonds. The van der Waals surface area contributed by atoms with Gasteiger partial charge in [0.15, 0.2) is 0 Å². The fourth-order valence-corrected chi connectivity index (χ4v) is 2.81. The molecule has 7 nitrogen and oxygen atoms in total. The van der Waals surface area contributed by atoms with Gasteiger partial charge in [0.1, 0.15) is 11.5 Å². The molecule has 0 aliphatic rings. The van der Waals surface area contributed by atoms with E-state index in [1.54, 1.807) is 23.2 Å². The van der Waals surface area contributed by atoms with Crippen LogP contribution in [0, 0.1) is 12.8 Å². The van der Waals surface area contributed by atoms with Crippen molar-refractivity contribution < 1.29 is 9.21 Å². The molecule has 0 spiro atoms. The molecule has 3 rings (SSSR count). The standard InChI is InChI=1S/C19H25N5O2/c1-12(2)13(3)24(11-15-7-6-8-26-15)19(25)18-9-17(21-22-18)16-10-20-23(5)14(16)4/h6-10,12-13H,11H2,1-5H3,(H,21,22)/t13-/m1/s1. The molecule has 1 atom stereocenters. The van der Waals surface area contributed by atoms with Gasteiger partial charge in [-0.25, -0.2) is 0 Å². The second kappa shape index (κ2) is 7.19. The second-order valence-corrected chi connectivity index (χ2v) is 6.93. The molecule has 0 saturated carbocycles. The number of nitrogens with one attached hydrogen (secondary N) is 1. The zero-order chi connectivity index (χ0) is 18.8. The Morgan fingerprint density at radius 3 is 2.73 bits per heavy atom. The minimum atomic E-state index is -0.0945. The number of hydrogen-bond acceptors (Lipinski definition) is 4. The number of amides is 1. The Kier molecular flexibility index (Phi) is 4.97. The van der Waals surface area contributed by atoms with Gasteiger partial charge in [-0.3, -0.25) is 14.6 Å². The van der Waals surface area contributed by atoms with Crippen molar-refractivity contribution in [2.75, 3.05) is 0 Å². The van der Waals surface area contributed by atoms with Gasteiger partial charge in [-0.05, 0) is 38.0 Å². The third-order valence-electron chi connectivity index (χ3n) is 4.94. The summed E-state index contributed by atoms with van der Waals surface area (Å²) in [6.45, 7) is 8.65. The molecule has 0 aliphatic carbocycles. The first kappa shape index (κ1) is 18.0. The Bertz CT molecular complexity index is 876. The summed E-state index contributed by atoms with van der Waals surface area (Å²) in [6.07, 6.45) is 3.38. The van der Waals surface area contributed by atoms with E-state index in [0.717, 1.165) is 17.0 Å². The fourth-order valence-electron chi connectivity index (χ4n) is 2.81. The van der Waals surface area contributed by atoms with Crippen LogP contribution in [0.25, 0.3) is 11.3 Å². The molecule has 0 aliphatic heterocycles. The maximum Gasteiger partial charge on any atom is 0.272 e. The monoisotopic (exact) mass is 355 g/mol. The van der Waals surface area contributed by atoms with Crippen molar-refractivity contribution in [3.63, 3.8) is 0 Å². The number of carbonyl (C=O) groups excluding carboxylic acids is 1. The van der Waals surface area contributed by atoms with E-state index in [2.05, 4.69) is 29.1 Å². The van der Waals surface area contributed by atoms with E-state index in [-0.39, 0.29) is 11.9 Å². The highest BCUT2D eigenvalue weighted by atomic mass is 16.3. The molecule has 0 fully saturated rings. The smallest absolute Gasteiger partial charge is 0.272 e. The Balaban J connectivity index is 1.88. The first-order chi connectivity index (χ1) is 12.4. The molecule has 0 bridgehead atoms. The van der Waals surface area contributed by atoms with Gasteiger partial charge < -0.3 is 9.32 Å². The molecule has 138 valence electrons. The van der Waals surface area contributed by atoms with Crippen molar-refractivity contribution in [2.24, 2.45) is 13.0 Å². The van der Waals surface area contributed by atoms with Crippen LogP contribution in [0.15, 0.2) is 35.1 Å². The van der Waals surface area contributed by atoms with Crippen molar-refractivity contribution in [1.82, 2.24) is 24.9 Å². The number of carbonyl (C=O) groups is 1. The van der Waals surface area contributed by atoms with Crippen LogP contribution in [0.2, 0.25) is 0 Å². The second-order valence-electron chi connectivity index (χ2n) is 6.93. The average molecular weight is 355 g/mol. The predicted molar refractivity (Wildman–Crippen MR) is 98.4 cm³/mol. The van der Waals surface area contributed by atoms with Crippen molar-refractivity contribution >= 4 is 5.91 Å². The number of H-pyrrole nitrogens is 1. The number of aryl methyl sites for hydroxylation is 1. The van der Waals surface area contributed by atoms with Crippen LogP contribution in [-0.2, 0) is 13.6 Å². The average Bonchev–Trinajstić information content (AvgIpc) is 3.34. The Labute approximate surface area is 153 Å². The van der Waals surface area contributed by atoms with Crippen molar-refractivity contribution in [3.8, 4) is 11.3 Å². The topological polar surface area (TPSA) is 80.0 Å². The summed E-state index contributed by atoms with van der Waals surface area (Å²) in [5, 5.41) is 11.4. The molecule has 1 N–H and O–H groups in total. The molecule has 3 aromatic heterocycles. The highest BCUT2D eigenvalue weighted by Gasteiger charge is 2.26. The maximum absolute atomic E-state index is 13.1. The number of hydrogen-bond donors (Lipinski definition) is 1. The Morgan fingerprint density at radius 2 is 2.15 bits per heavy atom. The van der Waals surface area contributed by atoms with Crippen LogP contribution < -0.4 is 0 Å². The van der Waals surface area contributed by atoms with E-state index in [9.17, 15) is 4.79 Å². The largest absolute Gasteiger partial charge is 0.467 e. The van der Waals surface area contributed by atoms with Gasteiger partial charge >= 0.3 is 0 Å². The van der Waals surface area contributed by atoms with Gasteiger partial charge in [0.05, 0.1) is 24.7 Å². The Morgan fingerprint density at radius 1 is 1.38 bits per heavy atom.